The topological polar surface area (TPSA) is 96.7 Å². The summed E-state index contributed by atoms with van der Waals surface area (Å²) in [7, 11) is 0. The van der Waals surface area contributed by atoms with Gasteiger partial charge in [-0.3, -0.25) is 4.79 Å². The summed E-state index contributed by atoms with van der Waals surface area (Å²) in [5.41, 5.74) is 3.84. The second kappa shape index (κ2) is 6.35. The van der Waals surface area contributed by atoms with Gasteiger partial charge in [0, 0.05) is 23.8 Å². The fourth-order valence-electron chi connectivity index (χ4n) is 3.29. The minimum atomic E-state index is -0.157. The Morgan fingerprint density at radius 2 is 2.36 bits per heavy atom. The molecule has 126 valence electrons. The van der Waals surface area contributed by atoms with Gasteiger partial charge in [-0.25, -0.2) is 4.98 Å². The van der Waals surface area contributed by atoms with Crippen molar-refractivity contribution in [1.29, 1.82) is 0 Å². The average Bonchev–Trinajstić information content (AvgIpc) is 3.30. The molecule has 25 heavy (non-hydrogen) atoms. The van der Waals surface area contributed by atoms with Crippen molar-refractivity contribution in [2.24, 2.45) is 0 Å². The average molecular weight is 335 g/mol. The highest BCUT2D eigenvalue weighted by molar-refractivity contribution is 6.00. The number of pyridine rings is 1. The fourth-order valence-corrected chi connectivity index (χ4v) is 3.29. The number of nitrogens with one attached hydrogen (secondary N) is 2. The zero-order valence-corrected chi connectivity index (χ0v) is 13.5. The second-order valence-corrected chi connectivity index (χ2v) is 5.93. The normalized spacial score (nSPS) is 17.3. The third kappa shape index (κ3) is 2.84. The molecule has 0 radical (unpaired) electrons. The maximum Gasteiger partial charge on any atom is 0.249 e. The predicted octanol–water partition coefficient (Wildman–Crippen LogP) is 2.85. The van der Waals surface area contributed by atoms with E-state index in [0.717, 1.165) is 41.4 Å². The first-order chi connectivity index (χ1) is 12.3. The first-order valence-electron chi connectivity index (χ1n) is 8.13. The molecule has 0 bridgehead atoms. The zero-order valence-electron chi connectivity index (χ0n) is 13.5. The van der Waals surface area contributed by atoms with Crippen LogP contribution in [0.15, 0.2) is 48.0 Å². The molecule has 3 heterocycles. The summed E-state index contributed by atoms with van der Waals surface area (Å²) in [5, 5.41) is 11.7. The summed E-state index contributed by atoms with van der Waals surface area (Å²) in [6.45, 7) is 3.51. The molecule has 0 saturated carbocycles. The van der Waals surface area contributed by atoms with E-state index < -0.39 is 0 Å². The smallest absolute Gasteiger partial charge is 0.249 e. The number of hydrogen-bond acceptors (Lipinski definition) is 5. The molecule has 1 unspecified atom stereocenters. The maximum atomic E-state index is 11.6. The van der Waals surface area contributed by atoms with E-state index in [9.17, 15) is 4.79 Å². The standard InChI is InChI=1S/C18H17N5O2/c1-2-15(24)22-12-5-3-4-11(8-12)13-6-7-19-17-16(13)14(9-20-17)18-23-21-10-25-18/h2,6-10,12H,1,3-5H2,(H,19,20)(H,22,24). The molecule has 3 aromatic heterocycles. The van der Waals surface area contributed by atoms with E-state index in [2.05, 4.69) is 38.1 Å². The van der Waals surface area contributed by atoms with E-state index in [1.165, 1.54) is 18.0 Å². The molecule has 3 aromatic rings. The lowest BCUT2D eigenvalue weighted by atomic mass is 9.89. The van der Waals surface area contributed by atoms with Crippen LogP contribution in [0.3, 0.4) is 0 Å². The number of carbonyl (C=O) groups is 1. The van der Waals surface area contributed by atoms with Crippen LogP contribution in [-0.4, -0.2) is 32.1 Å². The molecule has 1 atom stereocenters. The summed E-state index contributed by atoms with van der Waals surface area (Å²) in [4.78, 5) is 19.2. The second-order valence-electron chi connectivity index (χ2n) is 5.93. The van der Waals surface area contributed by atoms with Gasteiger partial charge < -0.3 is 14.7 Å². The number of rotatable bonds is 4. The summed E-state index contributed by atoms with van der Waals surface area (Å²) >= 11 is 0. The lowest BCUT2D eigenvalue weighted by Gasteiger charge is -2.22. The van der Waals surface area contributed by atoms with Gasteiger partial charge in [0.15, 0.2) is 0 Å². The van der Waals surface area contributed by atoms with Crippen LogP contribution in [0.5, 0.6) is 0 Å². The number of aromatic nitrogens is 4. The van der Waals surface area contributed by atoms with E-state index >= 15 is 0 Å². The van der Waals surface area contributed by atoms with E-state index in [4.69, 9.17) is 4.42 Å². The molecule has 2 N–H and O–H groups in total. The van der Waals surface area contributed by atoms with Gasteiger partial charge in [0.2, 0.25) is 18.2 Å². The molecule has 7 nitrogen and oxygen atoms in total. The molecule has 0 fully saturated rings. The molecule has 1 aliphatic rings. The number of hydrogen-bond donors (Lipinski definition) is 2. The highest BCUT2D eigenvalue weighted by Crippen LogP contribution is 2.36. The van der Waals surface area contributed by atoms with Gasteiger partial charge in [-0.1, -0.05) is 12.7 Å². The van der Waals surface area contributed by atoms with Crippen LogP contribution in [0.1, 0.15) is 24.8 Å². The molecule has 0 aliphatic heterocycles. The largest absolute Gasteiger partial charge is 0.423 e. The molecular weight excluding hydrogens is 318 g/mol. The van der Waals surface area contributed by atoms with Crippen LogP contribution in [0, 0.1) is 0 Å². The molecule has 4 rings (SSSR count). The van der Waals surface area contributed by atoms with Crippen molar-refractivity contribution in [2.75, 3.05) is 0 Å². The summed E-state index contributed by atoms with van der Waals surface area (Å²) in [5.74, 6) is 0.295. The molecule has 7 heteroatoms. The Labute approximate surface area is 143 Å². The zero-order chi connectivity index (χ0) is 17.2. The Bertz CT molecular complexity index is 955. The van der Waals surface area contributed by atoms with Crippen LogP contribution in [0.2, 0.25) is 0 Å². The van der Waals surface area contributed by atoms with Crippen molar-refractivity contribution in [3.8, 4) is 11.5 Å². The van der Waals surface area contributed by atoms with Crippen molar-refractivity contribution >= 4 is 22.5 Å². The van der Waals surface area contributed by atoms with Gasteiger partial charge in [0.1, 0.15) is 5.65 Å². The molecule has 1 aliphatic carbocycles. The van der Waals surface area contributed by atoms with E-state index in [1.807, 2.05) is 12.3 Å². The highest BCUT2D eigenvalue weighted by Gasteiger charge is 2.21. The van der Waals surface area contributed by atoms with Gasteiger partial charge in [0.05, 0.1) is 5.56 Å². The van der Waals surface area contributed by atoms with Crippen LogP contribution in [-0.2, 0) is 4.79 Å². The third-order valence-corrected chi connectivity index (χ3v) is 4.39. The van der Waals surface area contributed by atoms with Crippen LogP contribution >= 0.6 is 0 Å². The Hall–Kier alpha value is -3.22. The number of amides is 1. The van der Waals surface area contributed by atoms with Gasteiger partial charge >= 0.3 is 0 Å². The first kappa shape index (κ1) is 15.3. The van der Waals surface area contributed by atoms with Crippen molar-refractivity contribution in [2.45, 2.75) is 25.3 Å². The first-order valence-corrected chi connectivity index (χ1v) is 8.13. The van der Waals surface area contributed by atoms with Gasteiger partial charge in [-0.15, -0.1) is 10.2 Å². The lowest BCUT2D eigenvalue weighted by Crippen LogP contribution is -2.33. The third-order valence-electron chi connectivity index (χ3n) is 4.39. The number of carbonyl (C=O) groups excluding carboxylic acids is 1. The number of H-pyrrole nitrogens is 1. The number of allylic oxidation sites excluding steroid dienone is 1. The number of fused-ring (bicyclic) bond motifs is 1. The Morgan fingerprint density at radius 3 is 3.16 bits per heavy atom. The van der Waals surface area contributed by atoms with Gasteiger partial charge in [-0.2, -0.15) is 0 Å². The number of aromatic amines is 1. The predicted molar refractivity (Wildman–Crippen MR) is 93.3 cm³/mol. The molecule has 0 saturated heterocycles. The fraction of sp³-hybridized carbons (Fsp3) is 0.222. The van der Waals surface area contributed by atoms with E-state index in [0.29, 0.717) is 5.89 Å². The van der Waals surface area contributed by atoms with Crippen molar-refractivity contribution in [1.82, 2.24) is 25.5 Å². The maximum absolute atomic E-state index is 11.6. The van der Waals surface area contributed by atoms with Crippen LogP contribution in [0.25, 0.3) is 28.1 Å². The molecule has 1 amide bonds. The lowest BCUT2D eigenvalue weighted by molar-refractivity contribution is -0.116. The summed E-state index contributed by atoms with van der Waals surface area (Å²) < 4.78 is 5.36. The molecular formula is C18H17N5O2. The minimum absolute atomic E-state index is 0.00302. The Balaban J connectivity index is 1.79. The van der Waals surface area contributed by atoms with Crippen LogP contribution in [0.4, 0.5) is 0 Å². The quantitative estimate of drug-likeness (QED) is 0.715. The van der Waals surface area contributed by atoms with Gasteiger partial charge in [-0.05, 0) is 42.5 Å². The minimum Gasteiger partial charge on any atom is -0.423 e. The monoisotopic (exact) mass is 335 g/mol. The molecule has 0 aromatic carbocycles. The molecule has 0 spiro atoms. The van der Waals surface area contributed by atoms with E-state index in [1.54, 1.807) is 6.20 Å². The summed E-state index contributed by atoms with van der Waals surface area (Å²) in [6.07, 6.45) is 11.2. The Kier molecular flexibility index (Phi) is 3.89. The number of nitrogens with zero attached hydrogens (tertiary/aromatic N) is 3. The van der Waals surface area contributed by atoms with Crippen molar-refractivity contribution in [3.05, 3.63) is 49.1 Å². The van der Waals surface area contributed by atoms with Gasteiger partial charge in [0.25, 0.3) is 0 Å². The van der Waals surface area contributed by atoms with Crippen LogP contribution < -0.4 is 5.32 Å². The highest BCUT2D eigenvalue weighted by atomic mass is 16.4. The summed E-state index contributed by atoms with van der Waals surface area (Å²) in [6, 6.07) is 1.99. The Morgan fingerprint density at radius 1 is 1.44 bits per heavy atom. The van der Waals surface area contributed by atoms with Crippen molar-refractivity contribution < 1.29 is 9.21 Å². The SMILES string of the molecule is C=CC(=O)NC1C=C(c2ccnc3[nH]cc(-c4nnco4)c23)CCC1. The van der Waals surface area contributed by atoms with Crippen molar-refractivity contribution in [3.63, 3.8) is 0 Å². The van der Waals surface area contributed by atoms with E-state index in [-0.39, 0.29) is 11.9 Å².